The van der Waals surface area contributed by atoms with Crippen LogP contribution < -0.4 is 15.2 Å². The van der Waals surface area contributed by atoms with Gasteiger partial charge in [-0.25, -0.2) is 14.2 Å². The first kappa shape index (κ1) is 37.2. The number of aryl methyl sites for hydroxylation is 1. The Morgan fingerprint density at radius 3 is 1.74 bits per heavy atom. The first-order chi connectivity index (χ1) is 20.5. The highest BCUT2D eigenvalue weighted by Gasteiger charge is 2.18. The molecule has 0 saturated heterocycles. The van der Waals surface area contributed by atoms with Crippen molar-refractivity contribution >= 4 is 18.2 Å². The number of methoxy groups -OCH3 is 1. The van der Waals surface area contributed by atoms with E-state index in [1.165, 1.54) is 97.0 Å². The van der Waals surface area contributed by atoms with Crippen molar-refractivity contribution in [1.82, 2.24) is 10.6 Å². The van der Waals surface area contributed by atoms with Gasteiger partial charge in [0.25, 0.3) is 0 Å². The van der Waals surface area contributed by atoms with E-state index in [0.717, 1.165) is 12.8 Å². The second-order valence-electron chi connectivity index (χ2n) is 11.1. The minimum absolute atomic E-state index is 0.112. The number of amides is 2. The van der Waals surface area contributed by atoms with Crippen LogP contribution in [0.2, 0.25) is 0 Å². The Morgan fingerprint density at radius 2 is 1.19 bits per heavy atom. The van der Waals surface area contributed by atoms with Gasteiger partial charge in [0.1, 0.15) is 25.8 Å². The molecule has 1 rings (SSSR count). The molecule has 1 heterocycles. The average molecular weight is 593 g/mol. The lowest BCUT2D eigenvalue weighted by molar-refractivity contribution is -0.697. The third-order valence-corrected chi connectivity index (χ3v) is 7.24. The fourth-order valence-electron chi connectivity index (χ4n) is 4.70. The summed E-state index contributed by atoms with van der Waals surface area (Å²) in [5.74, 6) is -0.379. The standard InChI is InChI=1S/C33H57N3O6/c1-3-4-5-6-7-8-9-10-11-12-13-14-15-16-17-19-24-34-32(38)42-29-30(35-33(39)40-2)28-41-31(37)23-22-27-36-25-20-18-21-26-36/h18,20-21,25-26,30H,3-17,19,22-24,27-29H2,1-2H3,(H-,34,35,38,39)/p+1. The molecule has 1 aromatic heterocycles. The number of nitrogens with one attached hydrogen (secondary N) is 2. The molecular weight excluding hydrogens is 534 g/mol. The highest BCUT2D eigenvalue weighted by molar-refractivity contribution is 5.70. The second kappa shape index (κ2) is 27.0. The predicted molar refractivity (Wildman–Crippen MR) is 165 cm³/mol. The van der Waals surface area contributed by atoms with Crippen LogP contribution in [-0.2, 0) is 25.5 Å². The number of hydrogen-bond acceptors (Lipinski definition) is 6. The topological polar surface area (TPSA) is 107 Å². The van der Waals surface area contributed by atoms with Crippen molar-refractivity contribution in [3.8, 4) is 0 Å². The lowest BCUT2D eigenvalue weighted by Crippen LogP contribution is -2.43. The molecule has 1 atom stereocenters. The Balaban J connectivity index is 2.03. The highest BCUT2D eigenvalue weighted by Crippen LogP contribution is 2.13. The molecule has 240 valence electrons. The number of unbranched alkanes of at least 4 members (excludes halogenated alkanes) is 15. The highest BCUT2D eigenvalue weighted by atomic mass is 16.6. The van der Waals surface area contributed by atoms with Crippen molar-refractivity contribution in [2.45, 2.75) is 135 Å². The summed E-state index contributed by atoms with van der Waals surface area (Å²) in [4.78, 5) is 35.9. The summed E-state index contributed by atoms with van der Waals surface area (Å²) in [5.41, 5.74) is 0. The van der Waals surface area contributed by atoms with Crippen LogP contribution in [-0.4, -0.2) is 51.1 Å². The zero-order chi connectivity index (χ0) is 30.5. The van der Waals surface area contributed by atoms with Crippen LogP contribution in [0.3, 0.4) is 0 Å². The summed E-state index contributed by atoms with van der Waals surface area (Å²) in [6, 6.07) is 5.09. The Kier molecular flexibility index (Phi) is 23.9. The van der Waals surface area contributed by atoms with Gasteiger partial charge in [-0.05, 0) is 6.42 Å². The fraction of sp³-hybridized carbons (Fsp3) is 0.758. The molecule has 1 unspecified atom stereocenters. The number of alkyl carbamates (subject to hydrolysis) is 2. The van der Waals surface area contributed by atoms with Crippen LogP contribution in [0.4, 0.5) is 9.59 Å². The van der Waals surface area contributed by atoms with Gasteiger partial charge in [0, 0.05) is 25.1 Å². The third-order valence-electron chi connectivity index (χ3n) is 7.24. The van der Waals surface area contributed by atoms with Gasteiger partial charge in [-0.3, -0.25) is 4.79 Å². The van der Waals surface area contributed by atoms with Crippen LogP contribution in [0.15, 0.2) is 30.6 Å². The van der Waals surface area contributed by atoms with E-state index in [1.807, 2.05) is 35.2 Å². The van der Waals surface area contributed by atoms with Crippen LogP contribution in [0, 0.1) is 0 Å². The van der Waals surface area contributed by atoms with Gasteiger partial charge in [0.05, 0.1) is 13.5 Å². The van der Waals surface area contributed by atoms with E-state index in [9.17, 15) is 14.4 Å². The Morgan fingerprint density at radius 1 is 0.667 bits per heavy atom. The van der Waals surface area contributed by atoms with Gasteiger partial charge in [-0.15, -0.1) is 0 Å². The molecule has 1 aromatic rings. The fourth-order valence-corrected chi connectivity index (χ4v) is 4.70. The van der Waals surface area contributed by atoms with E-state index < -0.39 is 18.2 Å². The number of aromatic nitrogens is 1. The molecule has 0 saturated carbocycles. The number of ether oxygens (including phenoxy) is 3. The largest absolute Gasteiger partial charge is 0.463 e. The molecule has 0 aliphatic carbocycles. The summed E-state index contributed by atoms with van der Waals surface area (Å²) in [6.45, 7) is 3.26. The quantitative estimate of drug-likeness (QED) is 0.0519. The summed E-state index contributed by atoms with van der Waals surface area (Å²) < 4.78 is 17.1. The van der Waals surface area contributed by atoms with Crippen molar-refractivity contribution in [3.05, 3.63) is 30.6 Å². The SMILES string of the molecule is CCCCCCCCCCCCCCCCCCNC(=O)OCC(COC(=O)CCC[n+]1ccccc1)NC(=O)OC. The van der Waals surface area contributed by atoms with Crippen LogP contribution in [0.5, 0.6) is 0 Å². The molecular formula is C33H58N3O6+. The molecule has 42 heavy (non-hydrogen) atoms. The summed E-state index contributed by atoms with van der Waals surface area (Å²) in [7, 11) is 1.24. The number of carbonyl (C=O) groups is 3. The van der Waals surface area contributed by atoms with Crippen molar-refractivity contribution in [2.75, 3.05) is 26.9 Å². The zero-order valence-electron chi connectivity index (χ0n) is 26.4. The van der Waals surface area contributed by atoms with Crippen molar-refractivity contribution in [2.24, 2.45) is 0 Å². The third kappa shape index (κ3) is 22.8. The Labute approximate surface area is 254 Å². The van der Waals surface area contributed by atoms with Crippen molar-refractivity contribution < 1.29 is 33.2 Å². The zero-order valence-corrected chi connectivity index (χ0v) is 26.4. The Bertz CT molecular complexity index is 808. The molecule has 0 aliphatic heterocycles. The molecule has 0 spiro atoms. The lowest BCUT2D eigenvalue weighted by atomic mass is 10.0. The smallest absolute Gasteiger partial charge is 0.407 e. The second-order valence-corrected chi connectivity index (χ2v) is 11.1. The number of hydrogen-bond donors (Lipinski definition) is 2. The molecule has 2 amide bonds. The van der Waals surface area contributed by atoms with Crippen molar-refractivity contribution in [1.29, 1.82) is 0 Å². The number of esters is 1. The first-order valence-electron chi connectivity index (χ1n) is 16.4. The molecule has 9 nitrogen and oxygen atoms in total. The maximum Gasteiger partial charge on any atom is 0.407 e. The van der Waals surface area contributed by atoms with Gasteiger partial charge in [-0.2, -0.15) is 0 Å². The Hall–Kier alpha value is -2.84. The molecule has 2 N–H and O–H groups in total. The number of rotatable bonds is 26. The lowest BCUT2D eigenvalue weighted by Gasteiger charge is -2.18. The normalized spacial score (nSPS) is 11.5. The van der Waals surface area contributed by atoms with E-state index >= 15 is 0 Å². The van der Waals surface area contributed by atoms with Crippen LogP contribution in [0.1, 0.15) is 122 Å². The van der Waals surface area contributed by atoms with Crippen molar-refractivity contribution in [3.63, 3.8) is 0 Å². The summed E-state index contributed by atoms with van der Waals surface area (Å²) in [5, 5.41) is 5.29. The van der Waals surface area contributed by atoms with Gasteiger partial charge < -0.3 is 24.8 Å². The molecule has 0 aromatic carbocycles. The monoisotopic (exact) mass is 592 g/mol. The van der Waals surface area contributed by atoms with E-state index in [0.29, 0.717) is 19.5 Å². The number of pyridine rings is 1. The van der Waals surface area contributed by atoms with Gasteiger partial charge in [-0.1, -0.05) is 109 Å². The first-order valence-corrected chi connectivity index (χ1v) is 16.4. The van der Waals surface area contributed by atoms with E-state index in [4.69, 9.17) is 9.47 Å². The van der Waals surface area contributed by atoms with Crippen LogP contribution in [0.25, 0.3) is 0 Å². The molecule has 0 radical (unpaired) electrons. The number of nitrogens with zero attached hydrogens (tertiary/aromatic N) is 1. The maximum atomic E-state index is 12.1. The predicted octanol–water partition coefficient (Wildman–Crippen LogP) is 7.01. The van der Waals surface area contributed by atoms with Crippen LogP contribution >= 0.6 is 0 Å². The molecule has 0 fully saturated rings. The van der Waals surface area contributed by atoms with E-state index in [1.54, 1.807) is 0 Å². The number of carbonyl (C=O) groups excluding carboxylic acids is 3. The molecule has 9 heteroatoms. The minimum atomic E-state index is -0.703. The van der Waals surface area contributed by atoms with Gasteiger partial charge in [0.2, 0.25) is 0 Å². The minimum Gasteiger partial charge on any atom is -0.463 e. The van der Waals surface area contributed by atoms with E-state index in [2.05, 4.69) is 22.3 Å². The summed E-state index contributed by atoms with van der Waals surface area (Å²) in [6.07, 6.45) is 24.3. The maximum absolute atomic E-state index is 12.1. The van der Waals surface area contributed by atoms with E-state index in [-0.39, 0.29) is 25.6 Å². The molecule has 0 bridgehead atoms. The molecule has 0 aliphatic rings. The average Bonchev–Trinajstić information content (AvgIpc) is 3.00. The summed E-state index contributed by atoms with van der Waals surface area (Å²) >= 11 is 0. The van der Waals surface area contributed by atoms with Gasteiger partial charge >= 0.3 is 18.2 Å². The van der Waals surface area contributed by atoms with Gasteiger partial charge in [0.15, 0.2) is 12.4 Å².